The molecule has 1 N–H and O–H groups in total. The van der Waals surface area contributed by atoms with Crippen LogP contribution in [0, 0.1) is 5.41 Å². The second kappa shape index (κ2) is 8.54. The molecule has 2 aliphatic rings. The molecule has 1 aromatic heterocycles. The number of carbonyl (C=O) groups excluding carboxylic acids is 1. The molecule has 2 aromatic carbocycles. The van der Waals surface area contributed by atoms with E-state index in [0.717, 1.165) is 39.3 Å². The molecule has 160 valence electrons. The molecule has 1 aliphatic heterocycles. The summed E-state index contributed by atoms with van der Waals surface area (Å²) in [5, 5.41) is 5.60. The van der Waals surface area contributed by atoms with E-state index in [-0.39, 0.29) is 11.8 Å². The van der Waals surface area contributed by atoms with Crippen molar-refractivity contribution in [2.75, 3.05) is 31.6 Å². The number of hydrogen-bond donors (Lipinski definition) is 1. The van der Waals surface area contributed by atoms with E-state index in [4.69, 9.17) is 4.74 Å². The fraction of sp³-hybridized carbons (Fsp3) is 0.360. The van der Waals surface area contributed by atoms with Crippen molar-refractivity contribution in [3.05, 3.63) is 82.4 Å². The van der Waals surface area contributed by atoms with Gasteiger partial charge in [0.2, 0.25) is 5.91 Å². The minimum absolute atomic E-state index is 0.00769. The molecule has 1 aliphatic carbocycles. The van der Waals surface area contributed by atoms with Gasteiger partial charge >= 0.3 is 0 Å². The fourth-order valence-corrected chi connectivity index (χ4v) is 5.48. The number of thiazole rings is 1. The minimum Gasteiger partial charge on any atom is -0.379 e. The van der Waals surface area contributed by atoms with E-state index in [1.165, 1.54) is 33.6 Å². The van der Waals surface area contributed by atoms with E-state index in [1.54, 1.807) is 6.20 Å². The van der Waals surface area contributed by atoms with E-state index in [0.29, 0.717) is 5.13 Å². The Labute approximate surface area is 187 Å². The first kappa shape index (κ1) is 20.4. The maximum Gasteiger partial charge on any atom is 0.233 e. The third-order valence-electron chi connectivity index (χ3n) is 6.53. The highest BCUT2D eigenvalue weighted by molar-refractivity contribution is 7.13. The van der Waals surface area contributed by atoms with Gasteiger partial charge in [0.25, 0.3) is 0 Å². The normalized spacial score (nSPS) is 23.5. The van der Waals surface area contributed by atoms with Crippen LogP contribution >= 0.6 is 11.3 Å². The van der Waals surface area contributed by atoms with Crippen LogP contribution in [-0.4, -0.2) is 42.1 Å². The predicted octanol–water partition coefficient (Wildman–Crippen LogP) is 4.31. The Hall–Kier alpha value is -2.54. The number of hydrogen-bond acceptors (Lipinski definition) is 5. The molecule has 0 bridgehead atoms. The summed E-state index contributed by atoms with van der Waals surface area (Å²) in [7, 11) is 0. The highest BCUT2D eigenvalue weighted by atomic mass is 32.1. The molecule has 1 saturated heterocycles. The number of carbonyl (C=O) groups is 1. The smallest absolute Gasteiger partial charge is 0.233 e. The van der Waals surface area contributed by atoms with E-state index >= 15 is 0 Å². The molecule has 1 amide bonds. The first-order chi connectivity index (χ1) is 15.1. The molecule has 0 spiro atoms. The average molecular weight is 434 g/mol. The van der Waals surface area contributed by atoms with E-state index < -0.39 is 5.41 Å². The number of amides is 1. The van der Waals surface area contributed by atoms with Gasteiger partial charge in [0, 0.05) is 37.1 Å². The lowest BCUT2D eigenvalue weighted by Gasteiger charge is -2.31. The van der Waals surface area contributed by atoms with Gasteiger partial charge in [-0.15, -0.1) is 11.3 Å². The Morgan fingerprint density at radius 2 is 2.03 bits per heavy atom. The largest absolute Gasteiger partial charge is 0.379 e. The topological polar surface area (TPSA) is 54.5 Å². The number of anilines is 1. The van der Waals surface area contributed by atoms with Gasteiger partial charge < -0.3 is 10.1 Å². The highest BCUT2D eigenvalue weighted by Gasteiger charge is 2.49. The van der Waals surface area contributed by atoms with Gasteiger partial charge in [-0.1, -0.05) is 48.5 Å². The zero-order valence-electron chi connectivity index (χ0n) is 17.7. The lowest BCUT2D eigenvalue weighted by molar-refractivity contribution is -0.125. The van der Waals surface area contributed by atoms with Crippen molar-refractivity contribution in [1.29, 1.82) is 0 Å². The van der Waals surface area contributed by atoms with Crippen LogP contribution in [0.15, 0.2) is 60.1 Å². The number of aromatic nitrogens is 1. The highest BCUT2D eigenvalue weighted by Crippen LogP contribution is 2.51. The Morgan fingerprint density at radius 1 is 1.23 bits per heavy atom. The van der Waals surface area contributed by atoms with E-state index in [9.17, 15) is 4.79 Å². The SMILES string of the molecule is C[C@]1(C(=O)Nc2nccs2)Cc2ccc(CN3CCOCC3)cc2[C@H]1c1ccccc1. The zero-order chi connectivity index (χ0) is 21.3. The molecule has 5 rings (SSSR count). The average Bonchev–Trinajstić information content (AvgIpc) is 3.40. The molecular weight excluding hydrogens is 406 g/mol. The molecule has 2 atom stereocenters. The molecule has 0 unspecified atom stereocenters. The van der Waals surface area contributed by atoms with E-state index in [1.807, 2.05) is 11.4 Å². The standard InChI is InChI=1S/C25H27N3O2S/c1-25(23(29)27-24-26-9-14-31-24)16-20-8-7-18(17-28-10-12-30-13-11-28)15-21(20)22(25)19-5-3-2-4-6-19/h2-9,14-15,22H,10-13,16-17H2,1H3,(H,26,27,29)/t22-,25+/m1/s1. The number of morpholine rings is 1. The van der Waals surface area contributed by atoms with Crippen molar-refractivity contribution in [3.63, 3.8) is 0 Å². The third kappa shape index (κ3) is 4.03. The van der Waals surface area contributed by atoms with E-state index in [2.05, 4.69) is 64.6 Å². The van der Waals surface area contributed by atoms with Crippen LogP contribution in [0.5, 0.6) is 0 Å². The first-order valence-electron chi connectivity index (χ1n) is 10.8. The van der Waals surface area contributed by atoms with Crippen molar-refractivity contribution >= 4 is 22.4 Å². The lowest BCUT2D eigenvalue weighted by atomic mass is 9.73. The van der Waals surface area contributed by atoms with Crippen molar-refractivity contribution in [3.8, 4) is 0 Å². The molecule has 0 radical (unpaired) electrons. The number of benzene rings is 2. The van der Waals surface area contributed by atoms with Crippen LogP contribution in [-0.2, 0) is 22.5 Å². The quantitative estimate of drug-likeness (QED) is 0.652. The fourth-order valence-electron chi connectivity index (χ4n) is 4.96. The maximum absolute atomic E-state index is 13.5. The maximum atomic E-state index is 13.5. The van der Waals surface area contributed by atoms with Crippen LogP contribution in [0.3, 0.4) is 0 Å². The Bertz CT molecular complexity index is 1050. The van der Waals surface area contributed by atoms with Gasteiger partial charge in [-0.05, 0) is 35.6 Å². The first-order valence-corrected chi connectivity index (χ1v) is 11.7. The second-order valence-corrected chi connectivity index (χ2v) is 9.55. The van der Waals surface area contributed by atoms with Gasteiger partial charge in [-0.2, -0.15) is 0 Å². The molecule has 5 nitrogen and oxygen atoms in total. The van der Waals surface area contributed by atoms with Crippen LogP contribution in [0.25, 0.3) is 0 Å². The monoisotopic (exact) mass is 433 g/mol. The zero-order valence-corrected chi connectivity index (χ0v) is 18.5. The van der Waals surface area contributed by atoms with Crippen LogP contribution < -0.4 is 5.32 Å². The number of nitrogens with one attached hydrogen (secondary N) is 1. The molecule has 6 heteroatoms. The Kier molecular flexibility index (Phi) is 5.61. The molecule has 2 heterocycles. The lowest BCUT2D eigenvalue weighted by Crippen LogP contribution is -2.37. The summed E-state index contributed by atoms with van der Waals surface area (Å²) in [6, 6.07) is 17.2. The van der Waals surface area contributed by atoms with Crippen LogP contribution in [0.1, 0.15) is 35.1 Å². The van der Waals surface area contributed by atoms with Gasteiger partial charge in [0.05, 0.1) is 18.6 Å². The Balaban J connectivity index is 1.49. The summed E-state index contributed by atoms with van der Waals surface area (Å²) in [5.74, 6) is 0.0375. The van der Waals surface area contributed by atoms with Crippen molar-refractivity contribution in [1.82, 2.24) is 9.88 Å². The minimum atomic E-state index is -0.576. The van der Waals surface area contributed by atoms with Gasteiger partial charge in [0.15, 0.2) is 5.13 Å². The summed E-state index contributed by atoms with van der Waals surface area (Å²) in [4.78, 5) is 20.2. The third-order valence-corrected chi connectivity index (χ3v) is 7.22. The van der Waals surface area contributed by atoms with Crippen LogP contribution in [0.2, 0.25) is 0 Å². The summed E-state index contributed by atoms with van der Waals surface area (Å²) < 4.78 is 5.49. The van der Waals surface area contributed by atoms with Crippen molar-refractivity contribution in [2.24, 2.45) is 5.41 Å². The summed E-state index contributed by atoms with van der Waals surface area (Å²) in [6.07, 6.45) is 2.44. The van der Waals surface area contributed by atoms with Gasteiger partial charge in [-0.3, -0.25) is 9.69 Å². The number of rotatable bonds is 5. The number of ether oxygens (including phenoxy) is 1. The van der Waals surface area contributed by atoms with Crippen LogP contribution in [0.4, 0.5) is 5.13 Å². The summed E-state index contributed by atoms with van der Waals surface area (Å²) in [5.41, 5.74) is 4.44. The molecular formula is C25H27N3O2S. The van der Waals surface area contributed by atoms with Crippen molar-refractivity contribution in [2.45, 2.75) is 25.8 Å². The summed E-state index contributed by atoms with van der Waals surface area (Å²) >= 11 is 1.45. The molecule has 0 saturated carbocycles. The number of fused-ring (bicyclic) bond motifs is 1. The van der Waals surface area contributed by atoms with Gasteiger partial charge in [0.1, 0.15) is 0 Å². The summed E-state index contributed by atoms with van der Waals surface area (Å²) in [6.45, 7) is 6.54. The molecule has 31 heavy (non-hydrogen) atoms. The molecule has 1 fully saturated rings. The van der Waals surface area contributed by atoms with Gasteiger partial charge in [-0.25, -0.2) is 4.98 Å². The second-order valence-electron chi connectivity index (χ2n) is 8.65. The van der Waals surface area contributed by atoms with Crippen molar-refractivity contribution < 1.29 is 9.53 Å². The predicted molar refractivity (Wildman–Crippen MR) is 123 cm³/mol. The molecule has 3 aromatic rings. The number of nitrogens with zero attached hydrogens (tertiary/aromatic N) is 2. The Morgan fingerprint density at radius 3 is 2.77 bits per heavy atom.